The molecule has 0 aliphatic heterocycles. The summed E-state index contributed by atoms with van der Waals surface area (Å²) in [5.41, 5.74) is 5.66. The van der Waals surface area contributed by atoms with Gasteiger partial charge in [-0.25, -0.2) is 4.98 Å². The molecule has 2 nitrogen and oxygen atoms in total. The Morgan fingerprint density at radius 1 is 1.35 bits per heavy atom. The molecule has 90 valence electrons. The zero-order chi connectivity index (χ0) is 12.1. The lowest BCUT2D eigenvalue weighted by Crippen LogP contribution is -2.24. The Morgan fingerprint density at radius 2 is 2.18 bits per heavy atom. The summed E-state index contributed by atoms with van der Waals surface area (Å²) in [5, 5.41) is 5.70. The molecule has 1 heterocycles. The second-order valence-corrected chi connectivity index (χ2v) is 4.88. The van der Waals surface area contributed by atoms with E-state index in [0.29, 0.717) is 0 Å². The first-order valence-electron chi connectivity index (χ1n) is 6.00. The highest BCUT2D eigenvalue weighted by Crippen LogP contribution is 2.24. The Bertz CT molecular complexity index is 451. The molecule has 0 bridgehead atoms. The smallest absolute Gasteiger partial charge is 0.0795 e. The van der Waals surface area contributed by atoms with E-state index in [1.165, 1.54) is 11.1 Å². The van der Waals surface area contributed by atoms with Crippen molar-refractivity contribution < 1.29 is 0 Å². The van der Waals surface area contributed by atoms with E-state index in [1.54, 1.807) is 11.3 Å². The average molecular weight is 246 g/mol. The molecule has 1 aromatic carbocycles. The van der Waals surface area contributed by atoms with Crippen molar-refractivity contribution in [3.63, 3.8) is 0 Å². The maximum Gasteiger partial charge on any atom is 0.0795 e. The molecule has 1 N–H and O–H groups in total. The minimum Gasteiger partial charge on any atom is -0.305 e. The minimum atomic E-state index is 0.224. The van der Waals surface area contributed by atoms with Crippen LogP contribution in [0.15, 0.2) is 35.2 Å². The zero-order valence-corrected chi connectivity index (χ0v) is 11.1. The van der Waals surface area contributed by atoms with Gasteiger partial charge in [-0.1, -0.05) is 31.2 Å². The number of hydrogen-bond donors (Lipinski definition) is 1. The van der Waals surface area contributed by atoms with Crippen LogP contribution >= 0.6 is 11.3 Å². The first-order valence-corrected chi connectivity index (χ1v) is 6.94. The van der Waals surface area contributed by atoms with Gasteiger partial charge in [-0.2, -0.15) is 0 Å². The first kappa shape index (κ1) is 12.3. The van der Waals surface area contributed by atoms with Gasteiger partial charge in [0, 0.05) is 5.38 Å². The zero-order valence-electron chi connectivity index (χ0n) is 10.3. The van der Waals surface area contributed by atoms with Gasteiger partial charge < -0.3 is 5.32 Å². The Kier molecular flexibility index (Phi) is 4.29. The number of nitrogens with zero attached hydrogens (tertiary/aromatic N) is 1. The SMILES string of the molecule is CCCNC(c1cscn1)c1ccccc1C. The van der Waals surface area contributed by atoms with E-state index >= 15 is 0 Å². The molecule has 2 rings (SSSR count). The molecule has 0 amide bonds. The van der Waals surface area contributed by atoms with Crippen molar-refractivity contribution in [1.29, 1.82) is 0 Å². The molecule has 0 spiro atoms. The number of rotatable bonds is 5. The number of benzene rings is 1. The summed E-state index contributed by atoms with van der Waals surface area (Å²) in [6.07, 6.45) is 1.13. The lowest BCUT2D eigenvalue weighted by atomic mass is 9.99. The van der Waals surface area contributed by atoms with Gasteiger partial charge in [-0.3, -0.25) is 0 Å². The van der Waals surface area contributed by atoms with E-state index in [4.69, 9.17) is 0 Å². The summed E-state index contributed by atoms with van der Waals surface area (Å²) in [4.78, 5) is 4.44. The van der Waals surface area contributed by atoms with Gasteiger partial charge in [-0.15, -0.1) is 11.3 Å². The predicted molar refractivity (Wildman–Crippen MR) is 73.4 cm³/mol. The van der Waals surface area contributed by atoms with Gasteiger partial charge in [0.05, 0.1) is 17.2 Å². The lowest BCUT2D eigenvalue weighted by molar-refractivity contribution is 0.587. The van der Waals surface area contributed by atoms with Crippen molar-refractivity contribution in [2.75, 3.05) is 6.54 Å². The highest BCUT2D eigenvalue weighted by atomic mass is 32.1. The quantitative estimate of drug-likeness (QED) is 0.873. The fourth-order valence-corrected chi connectivity index (χ4v) is 2.52. The van der Waals surface area contributed by atoms with E-state index in [2.05, 4.69) is 53.8 Å². The normalized spacial score (nSPS) is 12.6. The molecule has 3 heteroatoms. The van der Waals surface area contributed by atoms with Gasteiger partial charge in [0.2, 0.25) is 0 Å². The van der Waals surface area contributed by atoms with Crippen molar-refractivity contribution in [3.8, 4) is 0 Å². The summed E-state index contributed by atoms with van der Waals surface area (Å²) in [5.74, 6) is 0. The second kappa shape index (κ2) is 5.94. The Hall–Kier alpha value is -1.19. The van der Waals surface area contributed by atoms with Crippen LogP contribution in [0, 0.1) is 6.92 Å². The third-order valence-corrected chi connectivity index (χ3v) is 3.45. The third kappa shape index (κ3) is 2.93. The van der Waals surface area contributed by atoms with Crippen molar-refractivity contribution >= 4 is 11.3 Å². The predicted octanol–water partition coefficient (Wildman–Crippen LogP) is 3.54. The van der Waals surface area contributed by atoms with Gasteiger partial charge >= 0.3 is 0 Å². The summed E-state index contributed by atoms with van der Waals surface area (Å²) in [6.45, 7) is 5.35. The Labute approximate surface area is 107 Å². The van der Waals surface area contributed by atoms with Crippen LogP contribution in [0.3, 0.4) is 0 Å². The largest absolute Gasteiger partial charge is 0.305 e. The topological polar surface area (TPSA) is 24.9 Å². The van der Waals surface area contributed by atoms with Crippen LogP contribution in [-0.4, -0.2) is 11.5 Å². The van der Waals surface area contributed by atoms with Crippen molar-refractivity contribution in [1.82, 2.24) is 10.3 Å². The molecule has 1 atom stereocenters. The second-order valence-electron chi connectivity index (χ2n) is 4.16. The van der Waals surface area contributed by atoms with Crippen molar-refractivity contribution in [3.05, 3.63) is 52.0 Å². The fraction of sp³-hybridized carbons (Fsp3) is 0.357. The van der Waals surface area contributed by atoms with E-state index in [1.807, 2.05) is 5.51 Å². The van der Waals surface area contributed by atoms with Crippen molar-refractivity contribution in [2.24, 2.45) is 0 Å². The number of nitrogens with one attached hydrogen (secondary N) is 1. The summed E-state index contributed by atoms with van der Waals surface area (Å²) in [7, 11) is 0. The molecule has 0 aliphatic carbocycles. The van der Waals surface area contributed by atoms with Gasteiger partial charge in [0.25, 0.3) is 0 Å². The monoisotopic (exact) mass is 246 g/mol. The van der Waals surface area contributed by atoms with Crippen LogP contribution in [0.4, 0.5) is 0 Å². The average Bonchev–Trinajstić information content (AvgIpc) is 2.85. The molecule has 0 saturated heterocycles. The highest BCUT2D eigenvalue weighted by Gasteiger charge is 2.16. The molecule has 0 saturated carbocycles. The molecule has 0 radical (unpaired) electrons. The lowest BCUT2D eigenvalue weighted by Gasteiger charge is -2.19. The minimum absolute atomic E-state index is 0.224. The molecule has 1 unspecified atom stereocenters. The summed E-state index contributed by atoms with van der Waals surface area (Å²) < 4.78 is 0. The van der Waals surface area contributed by atoms with Crippen LogP contribution in [0.1, 0.15) is 36.2 Å². The Balaban J connectivity index is 2.30. The summed E-state index contributed by atoms with van der Waals surface area (Å²) in [6, 6.07) is 8.73. The molecule has 17 heavy (non-hydrogen) atoms. The first-order chi connectivity index (χ1) is 8.33. The summed E-state index contributed by atoms with van der Waals surface area (Å²) >= 11 is 1.65. The van der Waals surface area contributed by atoms with Crippen LogP contribution in [0.2, 0.25) is 0 Å². The van der Waals surface area contributed by atoms with E-state index in [9.17, 15) is 0 Å². The Morgan fingerprint density at radius 3 is 2.82 bits per heavy atom. The van der Waals surface area contributed by atoms with E-state index in [-0.39, 0.29) is 6.04 Å². The van der Waals surface area contributed by atoms with Crippen molar-refractivity contribution in [2.45, 2.75) is 26.3 Å². The van der Waals surface area contributed by atoms with Gasteiger partial charge in [0.15, 0.2) is 0 Å². The fourth-order valence-electron chi connectivity index (χ4n) is 1.94. The van der Waals surface area contributed by atoms with E-state index < -0.39 is 0 Å². The van der Waals surface area contributed by atoms with Crippen LogP contribution in [0.5, 0.6) is 0 Å². The third-order valence-electron chi connectivity index (χ3n) is 2.85. The number of aromatic nitrogens is 1. The van der Waals surface area contributed by atoms with Gasteiger partial charge in [0.1, 0.15) is 0 Å². The van der Waals surface area contributed by atoms with Crippen LogP contribution < -0.4 is 5.32 Å². The number of hydrogen-bond acceptors (Lipinski definition) is 3. The number of aryl methyl sites for hydroxylation is 1. The van der Waals surface area contributed by atoms with E-state index in [0.717, 1.165) is 18.7 Å². The molecule has 0 fully saturated rings. The standard InChI is InChI=1S/C14H18N2S/c1-3-8-15-14(13-9-17-10-16-13)12-7-5-4-6-11(12)2/h4-7,9-10,14-15H,3,8H2,1-2H3. The van der Waals surface area contributed by atoms with Gasteiger partial charge in [-0.05, 0) is 31.0 Å². The maximum atomic E-state index is 4.44. The maximum absolute atomic E-state index is 4.44. The highest BCUT2D eigenvalue weighted by molar-refractivity contribution is 7.07. The molecular formula is C14H18N2S. The molecule has 2 aromatic rings. The molecular weight excluding hydrogens is 228 g/mol. The molecule has 0 aliphatic rings. The number of thiazole rings is 1. The van der Waals surface area contributed by atoms with Crippen LogP contribution in [0.25, 0.3) is 0 Å². The molecule has 1 aromatic heterocycles. The van der Waals surface area contributed by atoms with Crippen LogP contribution in [-0.2, 0) is 0 Å².